The summed E-state index contributed by atoms with van der Waals surface area (Å²) < 4.78 is 45.1. The van der Waals surface area contributed by atoms with Crippen molar-refractivity contribution in [3.63, 3.8) is 0 Å². The van der Waals surface area contributed by atoms with Crippen LogP contribution in [0.2, 0.25) is 0 Å². The molecule has 0 bridgehead atoms. The Morgan fingerprint density at radius 1 is 0.953 bits per heavy atom. The molecule has 11 heteroatoms. The van der Waals surface area contributed by atoms with Gasteiger partial charge in [0.2, 0.25) is 6.10 Å². The highest BCUT2D eigenvalue weighted by molar-refractivity contribution is 7.90. The van der Waals surface area contributed by atoms with Gasteiger partial charge in [0, 0.05) is 31.0 Å². The third kappa shape index (κ3) is 6.85. The minimum atomic E-state index is -3.86. The molecule has 4 aromatic carbocycles. The van der Waals surface area contributed by atoms with E-state index >= 15 is 0 Å². The Labute approximate surface area is 253 Å². The molecule has 43 heavy (non-hydrogen) atoms. The van der Waals surface area contributed by atoms with E-state index in [-0.39, 0.29) is 16.2 Å². The van der Waals surface area contributed by atoms with E-state index in [0.717, 1.165) is 10.3 Å². The summed E-state index contributed by atoms with van der Waals surface area (Å²) in [5.41, 5.74) is 2.30. The summed E-state index contributed by atoms with van der Waals surface area (Å²) >= 11 is 1.25. The number of nitrogens with one attached hydrogen (secondary N) is 1. The van der Waals surface area contributed by atoms with Crippen LogP contribution in [-0.2, 0) is 20.4 Å². The SMILES string of the molecule is C/N=C/c1ccc(OC(C(=O)Nc2nc3cc(OC)c(OC)cc3s2)c2ccccc2S(=O)(=O)Cc2ccccc2)cc1. The van der Waals surface area contributed by atoms with Gasteiger partial charge in [-0.1, -0.05) is 59.9 Å². The fraction of sp³-hybridized carbons (Fsp3) is 0.156. The summed E-state index contributed by atoms with van der Waals surface area (Å²) in [6, 6.07) is 25.8. The smallest absolute Gasteiger partial charge is 0.272 e. The number of carbonyl (C=O) groups excluding carboxylic acids is 1. The van der Waals surface area contributed by atoms with Gasteiger partial charge < -0.3 is 14.2 Å². The van der Waals surface area contributed by atoms with E-state index in [1.807, 2.05) is 6.07 Å². The molecular weight excluding hydrogens is 587 g/mol. The number of amides is 1. The predicted octanol–water partition coefficient (Wildman–Crippen LogP) is 6.09. The van der Waals surface area contributed by atoms with Crippen LogP contribution in [0, 0.1) is 0 Å². The zero-order valence-electron chi connectivity index (χ0n) is 23.7. The summed E-state index contributed by atoms with van der Waals surface area (Å²) in [6.45, 7) is 0. The molecule has 1 aromatic heterocycles. The van der Waals surface area contributed by atoms with Crippen LogP contribution in [0.5, 0.6) is 17.2 Å². The van der Waals surface area contributed by atoms with Crippen molar-refractivity contribution in [2.45, 2.75) is 16.8 Å². The summed E-state index contributed by atoms with van der Waals surface area (Å²) in [7, 11) is 0.892. The van der Waals surface area contributed by atoms with Crippen LogP contribution in [0.4, 0.5) is 5.13 Å². The second-order valence-electron chi connectivity index (χ2n) is 9.42. The number of aliphatic imine (C=N–C) groups is 1. The number of thiazole rings is 1. The van der Waals surface area contributed by atoms with Gasteiger partial charge in [0.1, 0.15) is 5.75 Å². The molecule has 9 nitrogen and oxygen atoms in total. The number of ether oxygens (including phenoxy) is 3. The maximum absolute atomic E-state index is 13.9. The lowest BCUT2D eigenvalue weighted by atomic mass is 10.1. The van der Waals surface area contributed by atoms with Gasteiger partial charge in [0.05, 0.1) is 35.1 Å². The third-order valence-corrected chi connectivity index (χ3v) is 9.20. The van der Waals surface area contributed by atoms with Crippen molar-refractivity contribution in [2.75, 3.05) is 26.6 Å². The van der Waals surface area contributed by atoms with Gasteiger partial charge in [-0.15, -0.1) is 0 Å². The monoisotopic (exact) mass is 615 g/mol. The van der Waals surface area contributed by atoms with Gasteiger partial charge in [0.15, 0.2) is 26.5 Å². The fourth-order valence-electron chi connectivity index (χ4n) is 4.51. The van der Waals surface area contributed by atoms with Crippen molar-refractivity contribution in [2.24, 2.45) is 4.99 Å². The number of hydrogen-bond donors (Lipinski definition) is 1. The minimum Gasteiger partial charge on any atom is -0.493 e. The first kappa shape index (κ1) is 29.7. The van der Waals surface area contributed by atoms with Crippen molar-refractivity contribution in [3.05, 3.63) is 108 Å². The zero-order valence-corrected chi connectivity index (χ0v) is 25.3. The Morgan fingerprint density at radius 2 is 1.63 bits per heavy atom. The summed E-state index contributed by atoms with van der Waals surface area (Å²) in [5, 5.41) is 3.14. The third-order valence-electron chi connectivity index (χ3n) is 6.51. The van der Waals surface area contributed by atoms with Gasteiger partial charge in [-0.3, -0.25) is 15.1 Å². The minimum absolute atomic E-state index is 0.00696. The normalized spacial score (nSPS) is 12.3. The first-order valence-corrected chi connectivity index (χ1v) is 15.7. The number of aromatic nitrogens is 1. The van der Waals surface area contributed by atoms with Crippen molar-refractivity contribution < 1.29 is 27.4 Å². The second-order valence-corrected chi connectivity index (χ2v) is 12.4. The molecule has 1 unspecified atom stereocenters. The molecule has 0 saturated heterocycles. The van der Waals surface area contributed by atoms with E-state index in [1.54, 1.807) is 99.2 Å². The number of hydrogen-bond acceptors (Lipinski definition) is 9. The summed E-state index contributed by atoms with van der Waals surface area (Å²) in [5.74, 6) is 0.605. The zero-order chi connectivity index (χ0) is 30.4. The molecular formula is C32H29N3O6S2. The lowest BCUT2D eigenvalue weighted by Crippen LogP contribution is -2.27. The Morgan fingerprint density at radius 3 is 2.33 bits per heavy atom. The Hall–Kier alpha value is -4.74. The highest BCUT2D eigenvalue weighted by atomic mass is 32.2. The van der Waals surface area contributed by atoms with Crippen LogP contribution in [0.15, 0.2) is 101 Å². The van der Waals surface area contributed by atoms with Crippen LogP contribution in [0.1, 0.15) is 22.8 Å². The predicted molar refractivity (Wildman–Crippen MR) is 168 cm³/mol. The van der Waals surface area contributed by atoms with E-state index in [1.165, 1.54) is 24.5 Å². The molecule has 0 saturated carbocycles. The highest BCUT2D eigenvalue weighted by Crippen LogP contribution is 2.37. The van der Waals surface area contributed by atoms with E-state index in [2.05, 4.69) is 15.3 Å². The van der Waals surface area contributed by atoms with Crippen LogP contribution in [0.3, 0.4) is 0 Å². The Kier molecular flexibility index (Phi) is 9.03. The molecule has 1 heterocycles. The van der Waals surface area contributed by atoms with Crippen LogP contribution < -0.4 is 19.5 Å². The van der Waals surface area contributed by atoms with Crippen LogP contribution >= 0.6 is 11.3 Å². The molecule has 0 spiro atoms. The lowest BCUT2D eigenvalue weighted by Gasteiger charge is -2.21. The Bertz CT molecular complexity index is 1830. The molecule has 0 aliphatic carbocycles. The Balaban J connectivity index is 1.53. The molecule has 1 atom stereocenters. The topological polar surface area (TPSA) is 116 Å². The fourth-order valence-corrected chi connectivity index (χ4v) is 6.99. The molecule has 1 amide bonds. The number of sulfone groups is 1. The quantitative estimate of drug-likeness (QED) is 0.179. The van der Waals surface area contributed by atoms with E-state index in [4.69, 9.17) is 14.2 Å². The number of fused-ring (bicyclic) bond motifs is 1. The molecule has 0 fully saturated rings. The molecule has 0 aliphatic heterocycles. The van der Waals surface area contributed by atoms with Gasteiger partial charge >= 0.3 is 0 Å². The first-order chi connectivity index (χ1) is 20.8. The highest BCUT2D eigenvalue weighted by Gasteiger charge is 2.31. The van der Waals surface area contributed by atoms with Crippen molar-refractivity contribution >= 4 is 48.6 Å². The van der Waals surface area contributed by atoms with Crippen molar-refractivity contribution in [1.82, 2.24) is 4.98 Å². The summed E-state index contributed by atoms with van der Waals surface area (Å²) in [6.07, 6.45) is 0.375. The van der Waals surface area contributed by atoms with E-state index < -0.39 is 21.8 Å². The van der Waals surface area contributed by atoms with Gasteiger partial charge in [-0.25, -0.2) is 13.4 Å². The van der Waals surface area contributed by atoms with Gasteiger partial charge in [0.25, 0.3) is 5.91 Å². The van der Waals surface area contributed by atoms with Gasteiger partial charge in [-0.2, -0.15) is 0 Å². The number of nitrogens with zero attached hydrogens (tertiary/aromatic N) is 2. The number of rotatable bonds is 11. The second kappa shape index (κ2) is 13.1. The van der Waals surface area contributed by atoms with Crippen LogP contribution in [0.25, 0.3) is 10.2 Å². The van der Waals surface area contributed by atoms with Crippen molar-refractivity contribution in [1.29, 1.82) is 0 Å². The van der Waals surface area contributed by atoms with E-state index in [0.29, 0.717) is 33.5 Å². The number of carbonyl (C=O) groups is 1. The molecule has 1 N–H and O–H groups in total. The average Bonchev–Trinajstić information content (AvgIpc) is 3.41. The summed E-state index contributed by atoms with van der Waals surface area (Å²) in [4.78, 5) is 22.5. The number of benzene rings is 4. The number of anilines is 1. The molecule has 0 aliphatic rings. The maximum atomic E-state index is 13.9. The standard InChI is InChI=1S/C32H29N3O6S2/c1-33-19-21-13-15-23(16-14-21)41-30(24-11-7-8-12-29(24)43(37,38)20-22-9-5-4-6-10-22)31(36)35-32-34-25-17-26(39-2)27(40-3)18-28(25)42-32/h4-19,30H,20H2,1-3H3,(H,34,35,36)/b33-19+. The number of methoxy groups -OCH3 is 2. The molecule has 5 rings (SSSR count). The largest absolute Gasteiger partial charge is 0.493 e. The molecule has 220 valence electrons. The van der Waals surface area contributed by atoms with Gasteiger partial charge in [-0.05, 0) is 41.5 Å². The van der Waals surface area contributed by atoms with Crippen molar-refractivity contribution in [3.8, 4) is 17.2 Å². The maximum Gasteiger partial charge on any atom is 0.272 e. The average molecular weight is 616 g/mol. The molecule has 0 radical (unpaired) electrons. The molecule has 5 aromatic rings. The van der Waals surface area contributed by atoms with Crippen LogP contribution in [-0.4, -0.2) is 46.8 Å². The van der Waals surface area contributed by atoms with E-state index in [9.17, 15) is 13.2 Å². The first-order valence-electron chi connectivity index (χ1n) is 13.2. The lowest BCUT2D eigenvalue weighted by molar-refractivity contribution is -0.123.